The Bertz CT molecular complexity index is 2400. The lowest BCUT2D eigenvalue weighted by Gasteiger charge is -2.59. The van der Waals surface area contributed by atoms with E-state index in [4.69, 9.17) is 52.6 Å². The highest BCUT2D eigenvalue weighted by atomic mass is 16.8. The van der Waals surface area contributed by atoms with E-state index in [0.717, 1.165) is 42.4 Å². The summed E-state index contributed by atoms with van der Waals surface area (Å²) in [6.07, 6.45) is 10.9. The molecule has 1 saturated carbocycles. The van der Waals surface area contributed by atoms with Gasteiger partial charge in [-0.25, -0.2) is 9.59 Å². The quantitative estimate of drug-likeness (QED) is 0.0462. The molecule has 5 aliphatic rings. The molecule has 3 aromatic carbocycles. The number of hydrogen-bond acceptors (Lipinski definition) is 15. The van der Waals surface area contributed by atoms with E-state index in [0.29, 0.717) is 85.3 Å². The van der Waals surface area contributed by atoms with Gasteiger partial charge in [0.05, 0.1) is 51.4 Å². The van der Waals surface area contributed by atoms with Gasteiger partial charge in [-0.15, -0.1) is 13.2 Å². The average molecular weight is 982 g/mol. The summed E-state index contributed by atoms with van der Waals surface area (Å²) < 4.78 is 54.9. The number of benzene rings is 3. The number of allylic oxidation sites excluding steroid dienone is 1. The third-order valence-corrected chi connectivity index (χ3v) is 13.9. The molecule has 3 heterocycles. The van der Waals surface area contributed by atoms with Gasteiger partial charge in [0.2, 0.25) is 18.9 Å². The maximum atomic E-state index is 14.9. The molecule has 0 spiro atoms. The van der Waals surface area contributed by atoms with Crippen molar-refractivity contribution in [1.82, 2.24) is 4.90 Å². The van der Waals surface area contributed by atoms with E-state index in [9.17, 15) is 19.8 Å². The third-order valence-electron chi connectivity index (χ3n) is 13.9. The summed E-state index contributed by atoms with van der Waals surface area (Å²) >= 11 is 0. The van der Waals surface area contributed by atoms with E-state index in [1.807, 2.05) is 24.3 Å². The fourth-order valence-electron chi connectivity index (χ4n) is 10.6. The molecular formula is C54H67N3O14. The van der Waals surface area contributed by atoms with Crippen LogP contribution < -0.4 is 33.7 Å². The SMILES string of the molecule is C=CCCOC(=O)N(Cc1ccc2c(c1)OCO2)C1CC(=NOC2CCCCO2)C2=CC(CCCCO)C(CCCCO)C3c4cc(OC(=O)Nc5ccc(OC)cc5OC)ccc4OC1(OCC=C)C23. The highest BCUT2D eigenvalue weighted by Gasteiger charge is 2.66. The van der Waals surface area contributed by atoms with Gasteiger partial charge >= 0.3 is 12.2 Å². The Morgan fingerprint density at radius 2 is 1.72 bits per heavy atom. The molecule has 1 saturated heterocycles. The van der Waals surface area contributed by atoms with Crippen molar-refractivity contribution in [3.63, 3.8) is 0 Å². The zero-order valence-electron chi connectivity index (χ0n) is 40.7. The van der Waals surface area contributed by atoms with Crippen LogP contribution in [-0.4, -0.2) is 105 Å². The van der Waals surface area contributed by atoms with E-state index < -0.39 is 42.1 Å². The van der Waals surface area contributed by atoms with Crippen molar-refractivity contribution in [3.05, 3.63) is 103 Å². The van der Waals surface area contributed by atoms with Crippen LogP contribution in [0.5, 0.6) is 34.5 Å². The first kappa shape index (κ1) is 51.1. The van der Waals surface area contributed by atoms with E-state index in [1.54, 1.807) is 54.5 Å². The molecule has 71 heavy (non-hydrogen) atoms. The number of nitrogens with zero attached hydrogens (tertiary/aromatic N) is 2. The molecule has 7 atom stereocenters. The normalized spacial score (nSPS) is 24.3. The zero-order valence-corrected chi connectivity index (χ0v) is 40.7. The number of ether oxygens (including phenoxy) is 9. The van der Waals surface area contributed by atoms with E-state index in [1.165, 1.54) is 7.11 Å². The van der Waals surface area contributed by atoms with Gasteiger partial charge < -0.3 is 57.7 Å². The number of anilines is 1. The van der Waals surface area contributed by atoms with Crippen molar-refractivity contribution in [2.45, 2.75) is 101 Å². The Kier molecular flexibility index (Phi) is 17.4. The number of carbonyl (C=O) groups excluding carboxylic acids is 2. The summed E-state index contributed by atoms with van der Waals surface area (Å²) in [5, 5.41) is 27.9. The van der Waals surface area contributed by atoms with E-state index in [-0.39, 0.29) is 63.8 Å². The molecule has 0 aromatic heterocycles. The maximum absolute atomic E-state index is 14.9. The lowest BCUT2D eigenvalue weighted by molar-refractivity contribution is -0.256. The second-order valence-corrected chi connectivity index (χ2v) is 18.3. The second-order valence-electron chi connectivity index (χ2n) is 18.3. The van der Waals surface area contributed by atoms with Crippen LogP contribution in [0, 0.1) is 17.8 Å². The molecule has 0 bridgehead atoms. The van der Waals surface area contributed by atoms with Gasteiger partial charge in [-0.05, 0) is 110 Å². The molecule has 2 amide bonds. The Morgan fingerprint density at radius 1 is 0.915 bits per heavy atom. The first-order valence-electron chi connectivity index (χ1n) is 24.7. The van der Waals surface area contributed by atoms with Crippen molar-refractivity contribution in [2.24, 2.45) is 22.9 Å². The monoisotopic (exact) mass is 981 g/mol. The van der Waals surface area contributed by atoms with Crippen LogP contribution in [0.1, 0.15) is 87.7 Å². The molecule has 2 fully saturated rings. The number of aliphatic hydroxyl groups excluding tert-OH is 2. The standard InChI is InChI=1S/C54H67N3O14/c1-5-7-26-65-53(61)57(33-35-17-21-45-47(28-35)67-34-66-45)48-32-43(56-71-49-16-10-13-27-64-49)40-29-36(14-8-11-23-58)39(15-9-12-24-59)50-41-30-38(19-22-44(41)70-54(48,51(40)50)68-25-6-2)69-52(60)55-42-20-18-37(62-3)31-46(42)63-4/h5-6,17-22,28-31,36,39,48-51,58-59H,1-2,7-16,23-27,32-34H2,3-4H3,(H,55,60). The predicted molar refractivity (Wildman–Crippen MR) is 263 cm³/mol. The van der Waals surface area contributed by atoms with Crippen molar-refractivity contribution in [1.29, 1.82) is 0 Å². The van der Waals surface area contributed by atoms with Crippen LogP contribution in [0.4, 0.5) is 15.3 Å². The topological polar surface area (TPSA) is 195 Å². The number of carbonyl (C=O) groups is 2. The highest BCUT2D eigenvalue weighted by molar-refractivity contribution is 6.03. The van der Waals surface area contributed by atoms with Gasteiger partial charge in [0, 0.05) is 50.1 Å². The first-order chi connectivity index (χ1) is 34.7. The fourth-order valence-corrected chi connectivity index (χ4v) is 10.6. The van der Waals surface area contributed by atoms with Crippen molar-refractivity contribution in [2.75, 3.05) is 59.4 Å². The molecule has 17 heteroatoms. The van der Waals surface area contributed by atoms with Gasteiger partial charge in [-0.3, -0.25) is 10.2 Å². The van der Waals surface area contributed by atoms with Crippen LogP contribution in [0.15, 0.2) is 96.7 Å². The number of methoxy groups -OCH3 is 2. The average Bonchev–Trinajstić information content (AvgIpc) is 3.86. The number of oxime groups is 1. The Balaban J connectivity index is 1.29. The highest BCUT2D eigenvalue weighted by Crippen LogP contribution is 2.62. The van der Waals surface area contributed by atoms with Crippen LogP contribution in [-0.2, 0) is 25.6 Å². The summed E-state index contributed by atoms with van der Waals surface area (Å²) in [7, 11) is 3.04. The molecule has 7 unspecified atom stereocenters. The van der Waals surface area contributed by atoms with Crippen LogP contribution >= 0.6 is 0 Å². The minimum Gasteiger partial charge on any atom is -0.497 e. The number of rotatable bonds is 23. The van der Waals surface area contributed by atoms with Crippen molar-refractivity contribution >= 4 is 23.6 Å². The van der Waals surface area contributed by atoms with Crippen molar-refractivity contribution < 1.29 is 67.3 Å². The molecule has 8 rings (SSSR count). The third kappa shape index (κ3) is 11.6. The lowest BCUT2D eigenvalue weighted by Crippen LogP contribution is -2.70. The summed E-state index contributed by atoms with van der Waals surface area (Å²) in [5.41, 5.74) is 3.33. The van der Waals surface area contributed by atoms with E-state index in [2.05, 4.69) is 24.6 Å². The lowest BCUT2D eigenvalue weighted by atomic mass is 9.55. The molecule has 3 aromatic rings. The van der Waals surface area contributed by atoms with Gasteiger partial charge in [-0.2, -0.15) is 0 Å². The first-order valence-corrected chi connectivity index (χ1v) is 24.7. The van der Waals surface area contributed by atoms with Gasteiger partial charge in [0.15, 0.2) is 11.5 Å². The number of unbranched alkanes of at least 4 members (excludes halogenated alkanes) is 2. The Hall–Kier alpha value is -6.27. The largest absolute Gasteiger partial charge is 0.497 e. The second kappa shape index (κ2) is 24.2. The molecule has 17 nitrogen and oxygen atoms in total. The van der Waals surface area contributed by atoms with Crippen LogP contribution in [0.2, 0.25) is 0 Å². The fraction of sp³-hybridized carbons (Fsp3) is 0.500. The number of amides is 2. The van der Waals surface area contributed by atoms with Crippen molar-refractivity contribution in [3.8, 4) is 34.5 Å². The number of aliphatic hydroxyl groups is 2. The minimum atomic E-state index is -1.60. The summed E-state index contributed by atoms with van der Waals surface area (Å²) in [4.78, 5) is 36.6. The number of hydrogen-bond donors (Lipinski definition) is 3. The smallest absolute Gasteiger partial charge is 0.417 e. The molecule has 3 N–H and O–H groups in total. The summed E-state index contributed by atoms with van der Waals surface area (Å²) in [5.74, 6) is 0.0380. The molecular weight excluding hydrogens is 915 g/mol. The molecule has 382 valence electrons. The summed E-state index contributed by atoms with van der Waals surface area (Å²) in [6, 6.07) is 15.0. The Morgan fingerprint density at radius 3 is 2.48 bits per heavy atom. The number of nitrogens with one attached hydrogen (secondary N) is 1. The summed E-state index contributed by atoms with van der Waals surface area (Å²) in [6.45, 7) is 8.79. The predicted octanol–water partition coefficient (Wildman–Crippen LogP) is 9.42. The van der Waals surface area contributed by atoms with Gasteiger partial charge in [-0.1, -0.05) is 42.3 Å². The maximum Gasteiger partial charge on any atom is 0.417 e. The van der Waals surface area contributed by atoms with Crippen LogP contribution in [0.25, 0.3) is 0 Å². The van der Waals surface area contributed by atoms with Gasteiger partial charge in [0.1, 0.15) is 29.0 Å². The zero-order chi connectivity index (χ0) is 49.7. The van der Waals surface area contributed by atoms with Gasteiger partial charge in [0.25, 0.3) is 0 Å². The minimum absolute atomic E-state index is 0.0253. The van der Waals surface area contributed by atoms with E-state index >= 15 is 0 Å². The van der Waals surface area contributed by atoms with Crippen LogP contribution in [0.3, 0.4) is 0 Å². The Labute approximate surface area is 415 Å². The molecule has 2 aliphatic carbocycles. The number of fused-ring (bicyclic) bond motifs is 3. The molecule has 3 aliphatic heterocycles. The molecule has 0 radical (unpaired) electrons.